The Kier molecular flexibility index (Phi) is 4.74. The molecule has 0 heterocycles. The molecular formula is C20H15ClO2. The summed E-state index contributed by atoms with van der Waals surface area (Å²) in [6, 6.07) is 22.9. The number of aldehydes is 1. The van der Waals surface area contributed by atoms with E-state index in [2.05, 4.69) is 0 Å². The number of rotatable bonds is 5. The van der Waals surface area contributed by atoms with Crippen molar-refractivity contribution in [1.82, 2.24) is 0 Å². The van der Waals surface area contributed by atoms with Gasteiger partial charge in [-0.1, -0.05) is 54.1 Å². The topological polar surface area (TPSA) is 26.3 Å². The molecule has 0 fully saturated rings. The molecule has 3 rings (SSSR count). The van der Waals surface area contributed by atoms with Crippen LogP contribution in [-0.4, -0.2) is 6.29 Å². The van der Waals surface area contributed by atoms with Gasteiger partial charge in [-0.3, -0.25) is 4.79 Å². The molecule has 0 N–H and O–H groups in total. The minimum Gasteiger partial charge on any atom is -0.488 e. The van der Waals surface area contributed by atoms with Crippen LogP contribution >= 0.6 is 11.6 Å². The van der Waals surface area contributed by atoms with Crippen molar-refractivity contribution in [3.63, 3.8) is 0 Å². The van der Waals surface area contributed by atoms with Gasteiger partial charge < -0.3 is 4.74 Å². The molecule has 0 saturated heterocycles. The highest BCUT2D eigenvalue weighted by molar-refractivity contribution is 6.30. The van der Waals surface area contributed by atoms with Crippen LogP contribution in [0.25, 0.3) is 11.1 Å². The summed E-state index contributed by atoms with van der Waals surface area (Å²) in [5.41, 5.74) is 3.47. The molecule has 0 aliphatic heterocycles. The molecule has 114 valence electrons. The van der Waals surface area contributed by atoms with Crippen LogP contribution in [0.2, 0.25) is 5.02 Å². The van der Waals surface area contributed by atoms with Gasteiger partial charge in [0.05, 0.1) is 0 Å². The minimum atomic E-state index is 0.467. The Balaban J connectivity index is 1.94. The van der Waals surface area contributed by atoms with Gasteiger partial charge >= 0.3 is 0 Å². The van der Waals surface area contributed by atoms with Crippen LogP contribution in [0.3, 0.4) is 0 Å². The third-order valence-electron chi connectivity index (χ3n) is 3.51. The second-order valence-electron chi connectivity index (χ2n) is 5.16. The Labute approximate surface area is 140 Å². The summed E-state index contributed by atoms with van der Waals surface area (Å²) >= 11 is 6.08. The molecule has 2 nitrogen and oxygen atoms in total. The van der Waals surface area contributed by atoms with E-state index in [1.807, 2.05) is 66.7 Å². The van der Waals surface area contributed by atoms with Crippen molar-refractivity contribution in [2.45, 2.75) is 6.61 Å². The van der Waals surface area contributed by atoms with Gasteiger partial charge in [0.15, 0.2) is 0 Å². The van der Waals surface area contributed by atoms with Gasteiger partial charge in [-0.2, -0.15) is 0 Å². The summed E-state index contributed by atoms with van der Waals surface area (Å²) in [7, 11) is 0. The first kappa shape index (κ1) is 15.3. The average molecular weight is 323 g/mol. The predicted molar refractivity (Wildman–Crippen MR) is 93.0 cm³/mol. The largest absolute Gasteiger partial charge is 0.488 e. The Morgan fingerprint density at radius 1 is 0.913 bits per heavy atom. The molecule has 3 aromatic rings. The van der Waals surface area contributed by atoms with E-state index < -0.39 is 0 Å². The van der Waals surface area contributed by atoms with Gasteiger partial charge in [-0.25, -0.2) is 0 Å². The van der Waals surface area contributed by atoms with Crippen molar-refractivity contribution in [1.29, 1.82) is 0 Å². The van der Waals surface area contributed by atoms with E-state index in [0.717, 1.165) is 28.7 Å². The fourth-order valence-corrected chi connectivity index (χ4v) is 2.55. The molecule has 0 amide bonds. The first-order valence-corrected chi connectivity index (χ1v) is 7.66. The Hall–Kier alpha value is -2.58. The number of halogens is 1. The molecule has 0 radical (unpaired) electrons. The van der Waals surface area contributed by atoms with Crippen molar-refractivity contribution in [2.75, 3.05) is 0 Å². The standard InChI is InChI=1S/C20H15ClO2/c21-18-8-4-7-17(12-18)19-11-16(13-22)9-10-20(19)23-14-15-5-2-1-3-6-15/h1-13H,14H2. The van der Waals surface area contributed by atoms with Crippen molar-refractivity contribution >= 4 is 17.9 Å². The lowest BCUT2D eigenvalue weighted by molar-refractivity contribution is 0.112. The molecule has 3 heteroatoms. The highest BCUT2D eigenvalue weighted by Crippen LogP contribution is 2.32. The molecule has 0 bridgehead atoms. The van der Waals surface area contributed by atoms with Crippen LogP contribution in [0, 0.1) is 0 Å². The summed E-state index contributed by atoms with van der Waals surface area (Å²) in [5, 5.41) is 0.646. The molecule has 3 aromatic carbocycles. The van der Waals surface area contributed by atoms with Gasteiger partial charge in [0, 0.05) is 16.1 Å². The van der Waals surface area contributed by atoms with Crippen molar-refractivity contribution in [3.05, 3.63) is 88.9 Å². The lowest BCUT2D eigenvalue weighted by atomic mass is 10.0. The normalized spacial score (nSPS) is 10.3. The number of carbonyl (C=O) groups excluding carboxylic acids is 1. The van der Waals surface area contributed by atoms with E-state index in [1.54, 1.807) is 6.07 Å². The monoisotopic (exact) mass is 322 g/mol. The summed E-state index contributed by atoms with van der Waals surface area (Å²) in [6.45, 7) is 0.467. The van der Waals surface area contributed by atoms with Gasteiger partial charge in [-0.15, -0.1) is 0 Å². The van der Waals surface area contributed by atoms with E-state index in [1.165, 1.54) is 0 Å². The fourth-order valence-electron chi connectivity index (χ4n) is 2.36. The second-order valence-corrected chi connectivity index (χ2v) is 5.59. The molecule has 0 spiro atoms. The molecule has 23 heavy (non-hydrogen) atoms. The summed E-state index contributed by atoms with van der Waals surface area (Å²) in [4.78, 5) is 11.1. The fraction of sp³-hybridized carbons (Fsp3) is 0.0500. The van der Waals surface area contributed by atoms with Crippen molar-refractivity contribution in [2.24, 2.45) is 0 Å². The number of ether oxygens (including phenoxy) is 1. The Bertz CT molecular complexity index is 813. The number of carbonyl (C=O) groups is 1. The first-order valence-electron chi connectivity index (χ1n) is 7.28. The Morgan fingerprint density at radius 3 is 2.48 bits per heavy atom. The second kappa shape index (κ2) is 7.12. The zero-order valence-electron chi connectivity index (χ0n) is 12.4. The van der Waals surface area contributed by atoms with E-state index >= 15 is 0 Å². The van der Waals surface area contributed by atoms with Gasteiger partial charge in [-0.05, 0) is 41.5 Å². The van der Waals surface area contributed by atoms with E-state index in [-0.39, 0.29) is 0 Å². The highest BCUT2D eigenvalue weighted by Gasteiger charge is 2.09. The smallest absolute Gasteiger partial charge is 0.150 e. The van der Waals surface area contributed by atoms with Gasteiger partial charge in [0.25, 0.3) is 0 Å². The molecular weight excluding hydrogens is 308 g/mol. The zero-order chi connectivity index (χ0) is 16.1. The van der Waals surface area contributed by atoms with Crippen molar-refractivity contribution < 1.29 is 9.53 Å². The van der Waals surface area contributed by atoms with Crippen LogP contribution in [-0.2, 0) is 6.61 Å². The molecule has 0 unspecified atom stereocenters. The summed E-state index contributed by atoms with van der Waals surface area (Å²) in [6.07, 6.45) is 0.828. The van der Waals surface area contributed by atoms with Crippen LogP contribution in [0.15, 0.2) is 72.8 Å². The van der Waals surface area contributed by atoms with Crippen LogP contribution in [0.1, 0.15) is 15.9 Å². The number of benzene rings is 3. The number of hydrogen-bond acceptors (Lipinski definition) is 2. The average Bonchev–Trinajstić information content (AvgIpc) is 2.61. The van der Waals surface area contributed by atoms with Crippen LogP contribution in [0.4, 0.5) is 0 Å². The molecule has 0 aliphatic rings. The maximum atomic E-state index is 11.1. The van der Waals surface area contributed by atoms with Crippen LogP contribution in [0.5, 0.6) is 5.75 Å². The molecule has 0 aliphatic carbocycles. The zero-order valence-corrected chi connectivity index (χ0v) is 13.2. The quantitative estimate of drug-likeness (QED) is 0.588. The highest BCUT2D eigenvalue weighted by atomic mass is 35.5. The van der Waals surface area contributed by atoms with Crippen molar-refractivity contribution in [3.8, 4) is 16.9 Å². The van der Waals surface area contributed by atoms with Gasteiger partial charge in [0.1, 0.15) is 18.6 Å². The van der Waals surface area contributed by atoms with E-state index in [9.17, 15) is 4.79 Å². The van der Waals surface area contributed by atoms with E-state index in [0.29, 0.717) is 17.2 Å². The summed E-state index contributed by atoms with van der Waals surface area (Å²) in [5.74, 6) is 0.724. The molecule has 0 atom stereocenters. The van der Waals surface area contributed by atoms with Gasteiger partial charge in [0.2, 0.25) is 0 Å². The SMILES string of the molecule is O=Cc1ccc(OCc2ccccc2)c(-c2cccc(Cl)c2)c1. The lowest BCUT2D eigenvalue weighted by Crippen LogP contribution is -1.97. The van der Waals surface area contributed by atoms with E-state index in [4.69, 9.17) is 16.3 Å². The molecule has 0 aromatic heterocycles. The summed E-state index contributed by atoms with van der Waals surface area (Å²) < 4.78 is 5.96. The Morgan fingerprint density at radius 2 is 1.74 bits per heavy atom. The van der Waals surface area contributed by atoms with Crippen LogP contribution < -0.4 is 4.74 Å². The predicted octanol–water partition coefficient (Wildman–Crippen LogP) is 5.40. The maximum Gasteiger partial charge on any atom is 0.150 e. The lowest BCUT2D eigenvalue weighted by Gasteiger charge is -2.13. The first-order chi connectivity index (χ1) is 11.3. The third-order valence-corrected chi connectivity index (χ3v) is 3.75. The third kappa shape index (κ3) is 3.79. The minimum absolute atomic E-state index is 0.467. The number of hydrogen-bond donors (Lipinski definition) is 0. The maximum absolute atomic E-state index is 11.1. The molecule has 0 saturated carbocycles.